The van der Waals surface area contributed by atoms with Crippen molar-refractivity contribution in [1.29, 1.82) is 0 Å². The van der Waals surface area contributed by atoms with Crippen LogP contribution in [0.4, 0.5) is 0 Å². The first-order chi connectivity index (χ1) is 11.6. The second-order valence-corrected chi connectivity index (χ2v) is 7.81. The van der Waals surface area contributed by atoms with Crippen LogP contribution in [0.2, 0.25) is 0 Å². The molecule has 24 heavy (non-hydrogen) atoms. The summed E-state index contributed by atoms with van der Waals surface area (Å²) in [6, 6.07) is 10.5. The molecule has 128 valence electrons. The van der Waals surface area contributed by atoms with Crippen LogP contribution in [0.25, 0.3) is 0 Å². The first-order valence-electron chi connectivity index (χ1n) is 8.45. The maximum Gasteiger partial charge on any atom is 0.223 e. The van der Waals surface area contributed by atoms with Crippen molar-refractivity contribution < 1.29 is 9.32 Å². The van der Waals surface area contributed by atoms with Gasteiger partial charge in [-0.2, -0.15) is 11.8 Å². The lowest BCUT2D eigenvalue weighted by Gasteiger charge is -2.40. The van der Waals surface area contributed by atoms with Gasteiger partial charge in [-0.25, -0.2) is 0 Å². The van der Waals surface area contributed by atoms with E-state index in [2.05, 4.69) is 29.1 Å². The van der Waals surface area contributed by atoms with E-state index in [1.165, 1.54) is 5.56 Å². The van der Waals surface area contributed by atoms with Gasteiger partial charge >= 0.3 is 0 Å². The number of rotatable bonds is 4. The molecule has 0 radical (unpaired) electrons. The molecule has 2 heterocycles. The number of carbonyl (C=O) groups excluding carboxylic acids is 1. The Morgan fingerprint density at radius 1 is 1.33 bits per heavy atom. The lowest BCUT2D eigenvalue weighted by Crippen LogP contribution is -2.44. The zero-order valence-electron chi connectivity index (χ0n) is 14.5. The number of carbonyl (C=O) groups is 1. The number of aromatic nitrogens is 1. The quantitative estimate of drug-likeness (QED) is 0.843. The van der Waals surface area contributed by atoms with E-state index in [0.29, 0.717) is 18.1 Å². The van der Waals surface area contributed by atoms with E-state index < -0.39 is 0 Å². The van der Waals surface area contributed by atoms with Gasteiger partial charge in [0, 0.05) is 29.5 Å². The summed E-state index contributed by atoms with van der Waals surface area (Å²) in [6.07, 6.45) is 1.20. The number of amides is 1. The van der Waals surface area contributed by atoms with E-state index in [1.807, 2.05) is 43.8 Å². The van der Waals surface area contributed by atoms with Crippen LogP contribution in [0.1, 0.15) is 42.0 Å². The summed E-state index contributed by atoms with van der Waals surface area (Å²) in [5.74, 6) is 2.04. The highest BCUT2D eigenvalue weighted by Crippen LogP contribution is 2.36. The molecule has 3 rings (SSSR count). The Labute approximate surface area is 147 Å². The van der Waals surface area contributed by atoms with Crippen LogP contribution in [-0.4, -0.2) is 33.5 Å². The van der Waals surface area contributed by atoms with Crippen LogP contribution in [0.5, 0.6) is 0 Å². The predicted octanol–water partition coefficient (Wildman–Crippen LogP) is 3.93. The highest BCUT2D eigenvalue weighted by molar-refractivity contribution is 8.00. The van der Waals surface area contributed by atoms with Gasteiger partial charge in [0.1, 0.15) is 5.76 Å². The Morgan fingerprint density at radius 3 is 2.75 bits per heavy atom. The van der Waals surface area contributed by atoms with Crippen LogP contribution in [0.15, 0.2) is 34.9 Å². The van der Waals surface area contributed by atoms with Gasteiger partial charge in [0.25, 0.3) is 0 Å². The maximum atomic E-state index is 12.9. The van der Waals surface area contributed by atoms with Crippen molar-refractivity contribution in [2.24, 2.45) is 0 Å². The average molecular weight is 344 g/mol. The van der Waals surface area contributed by atoms with Gasteiger partial charge in [-0.05, 0) is 25.8 Å². The smallest absolute Gasteiger partial charge is 0.223 e. The molecule has 1 aliphatic heterocycles. The summed E-state index contributed by atoms with van der Waals surface area (Å²) < 4.78 is 5.20. The topological polar surface area (TPSA) is 46.3 Å². The lowest BCUT2D eigenvalue weighted by molar-refractivity contribution is -0.133. The van der Waals surface area contributed by atoms with Crippen molar-refractivity contribution in [2.45, 2.75) is 44.9 Å². The molecular weight excluding hydrogens is 320 g/mol. The van der Waals surface area contributed by atoms with Crippen molar-refractivity contribution in [2.75, 3.05) is 12.3 Å². The normalized spacial score (nSPS) is 21.0. The predicted molar refractivity (Wildman–Crippen MR) is 97.1 cm³/mol. The lowest BCUT2D eigenvalue weighted by atomic mass is 10.0. The van der Waals surface area contributed by atoms with Crippen LogP contribution >= 0.6 is 11.8 Å². The Balaban J connectivity index is 1.74. The number of aryl methyl sites for hydroxylation is 2. The second-order valence-electron chi connectivity index (χ2n) is 6.32. The summed E-state index contributed by atoms with van der Waals surface area (Å²) >= 11 is 1.94. The minimum atomic E-state index is 0.155. The fourth-order valence-electron chi connectivity index (χ4n) is 3.44. The number of hydrogen-bond donors (Lipinski definition) is 0. The van der Waals surface area contributed by atoms with E-state index in [9.17, 15) is 4.79 Å². The van der Waals surface area contributed by atoms with Gasteiger partial charge in [0.2, 0.25) is 5.91 Å². The summed E-state index contributed by atoms with van der Waals surface area (Å²) in [5, 5.41) is 4.38. The molecule has 5 heteroatoms. The molecule has 1 amide bonds. The van der Waals surface area contributed by atoms with Gasteiger partial charge < -0.3 is 9.42 Å². The zero-order valence-corrected chi connectivity index (χ0v) is 15.3. The third kappa shape index (κ3) is 3.51. The van der Waals surface area contributed by atoms with E-state index in [4.69, 9.17) is 4.52 Å². The zero-order chi connectivity index (χ0) is 17.1. The molecule has 0 saturated carbocycles. The van der Waals surface area contributed by atoms with Crippen molar-refractivity contribution in [1.82, 2.24) is 10.1 Å². The molecule has 1 aliphatic rings. The summed E-state index contributed by atoms with van der Waals surface area (Å²) in [7, 11) is 0. The highest BCUT2D eigenvalue weighted by Gasteiger charge is 2.33. The van der Waals surface area contributed by atoms with Crippen LogP contribution in [0, 0.1) is 13.8 Å². The first kappa shape index (κ1) is 17.1. The summed E-state index contributed by atoms with van der Waals surface area (Å²) in [4.78, 5) is 15.0. The average Bonchev–Trinajstić information content (AvgIpc) is 2.91. The Bertz CT molecular complexity index is 679. The molecule has 1 fully saturated rings. The molecule has 1 aromatic carbocycles. The van der Waals surface area contributed by atoms with E-state index >= 15 is 0 Å². The number of thioether (sulfide) groups is 1. The third-order valence-electron chi connectivity index (χ3n) is 4.72. The SMILES string of the molecule is Cc1noc(C)c1CCC(=O)N1CCSC(C)C1c1ccccc1. The molecule has 1 aromatic heterocycles. The van der Waals surface area contributed by atoms with Gasteiger partial charge in [0.15, 0.2) is 0 Å². The van der Waals surface area contributed by atoms with Gasteiger partial charge in [-0.15, -0.1) is 0 Å². The summed E-state index contributed by atoms with van der Waals surface area (Å²) in [6.45, 7) is 6.87. The van der Waals surface area contributed by atoms with E-state index in [-0.39, 0.29) is 11.9 Å². The van der Waals surface area contributed by atoms with Crippen molar-refractivity contribution in [3.63, 3.8) is 0 Å². The van der Waals surface area contributed by atoms with Gasteiger partial charge in [-0.1, -0.05) is 42.4 Å². The molecule has 2 atom stereocenters. The van der Waals surface area contributed by atoms with Crippen molar-refractivity contribution >= 4 is 17.7 Å². The number of nitrogens with zero attached hydrogens (tertiary/aromatic N) is 2. The highest BCUT2D eigenvalue weighted by atomic mass is 32.2. The molecular formula is C19H24N2O2S. The van der Waals surface area contributed by atoms with Crippen LogP contribution in [-0.2, 0) is 11.2 Å². The molecule has 0 bridgehead atoms. The van der Waals surface area contributed by atoms with Crippen molar-refractivity contribution in [3.05, 3.63) is 52.9 Å². The van der Waals surface area contributed by atoms with Gasteiger partial charge in [0.05, 0.1) is 11.7 Å². The number of hydrogen-bond acceptors (Lipinski definition) is 4. The fourth-order valence-corrected chi connectivity index (χ4v) is 4.60. The molecule has 0 aliphatic carbocycles. The summed E-state index contributed by atoms with van der Waals surface area (Å²) in [5.41, 5.74) is 3.18. The van der Waals surface area contributed by atoms with E-state index in [1.54, 1.807) is 0 Å². The fraction of sp³-hybridized carbons (Fsp3) is 0.474. The molecule has 2 aromatic rings. The Morgan fingerprint density at radius 2 is 2.08 bits per heavy atom. The molecule has 0 N–H and O–H groups in total. The molecule has 4 nitrogen and oxygen atoms in total. The molecule has 1 saturated heterocycles. The monoisotopic (exact) mass is 344 g/mol. The van der Waals surface area contributed by atoms with Gasteiger partial charge in [-0.3, -0.25) is 4.79 Å². The largest absolute Gasteiger partial charge is 0.361 e. The number of benzene rings is 1. The van der Waals surface area contributed by atoms with E-state index in [0.717, 1.165) is 29.3 Å². The maximum absolute atomic E-state index is 12.9. The minimum Gasteiger partial charge on any atom is -0.361 e. The molecule has 2 unspecified atom stereocenters. The second kappa shape index (κ2) is 7.43. The first-order valence-corrected chi connectivity index (χ1v) is 9.50. The minimum absolute atomic E-state index is 0.155. The third-order valence-corrected chi connectivity index (χ3v) is 5.93. The standard InChI is InChI=1S/C19H24N2O2S/c1-13-17(14(2)23-20-13)9-10-18(22)21-11-12-24-15(3)19(21)16-7-5-4-6-8-16/h4-8,15,19H,9-12H2,1-3H3. The van der Waals surface area contributed by atoms with Crippen LogP contribution < -0.4 is 0 Å². The Hall–Kier alpha value is -1.75. The molecule has 0 spiro atoms. The van der Waals surface area contributed by atoms with Crippen LogP contribution in [0.3, 0.4) is 0 Å². The van der Waals surface area contributed by atoms with Crippen molar-refractivity contribution in [3.8, 4) is 0 Å². The Kier molecular flexibility index (Phi) is 5.29.